The second-order valence-corrected chi connectivity index (χ2v) is 6.05. The normalized spacial score (nSPS) is 18.1. The van der Waals surface area contributed by atoms with Crippen molar-refractivity contribution < 1.29 is 9.53 Å². The first-order chi connectivity index (χ1) is 9.03. The Kier molecular flexibility index (Phi) is 7.39. The third-order valence-corrected chi connectivity index (χ3v) is 3.59. The number of amides is 1. The van der Waals surface area contributed by atoms with E-state index in [1.165, 1.54) is 25.7 Å². The molecule has 0 bridgehead atoms. The van der Waals surface area contributed by atoms with Gasteiger partial charge in [0.1, 0.15) is 0 Å². The molecule has 1 fully saturated rings. The summed E-state index contributed by atoms with van der Waals surface area (Å²) in [6, 6.07) is 0.386. The minimum Gasteiger partial charge on any atom is -0.375 e. The van der Waals surface area contributed by atoms with Gasteiger partial charge in [-0.2, -0.15) is 0 Å². The molecular weight excluding hydrogens is 240 g/mol. The summed E-state index contributed by atoms with van der Waals surface area (Å²) < 4.78 is 5.58. The molecule has 2 N–H and O–H groups in total. The van der Waals surface area contributed by atoms with Gasteiger partial charge in [0.05, 0.1) is 12.1 Å². The Balaban J connectivity index is 2.16. The standard InChI is InChI=1S/C15H30N2O2/c1-4-19-15(2,3)12-16-11-14(18)17-13-9-7-5-6-8-10-13/h13,16H,4-12H2,1-3H3,(H,17,18). The molecule has 0 spiro atoms. The van der Waals surface area contributed by atoms with Crippen molar-refractivity contribution in [2.75, 3.05) is 19.7 Å². The van der Waals surface area contributed by atoms with E-state index in [1.54, 1.807) is 0 Å². The number of carbonyl (C=O) groups is 1. The zero-order valence-corrected chi connectivity index (χ0v) is 12.8. The molecule has 0 radical (unpaired) electrons. The molecule has 0 aromatic heterocycles. The van der Waals surface area contributed by atoms with Crippen molar-refractivity contribution in [1.82, 2.24) is 10.6 Å². The van der Waals surface area contributed by atoms with Crippen LogP contribution in [-0.2, 0) is 9.53 Å². The first-order valence-electron chi connectivity index (χ1n) is 7.67. The van der Waals surface area contributed by atoms with E-state index in [2.05, 4.69) is 10.6 Å². The topological polar surface area (TPSA) is 50.4 Å². The van der Waals surface area contributed by atoms with Crippen LogP contribution < -0.4 is 10.6 Å². The highest BCUT2D eigenvalue weighted by molar-refractivity contribution is 5.78. The van der Waals surface area contributed by atoms with E-state index in [4.69, 9.17) is 4.74 Å². The Morgan fingerprint density at radius 2 is 1.84 bits per heavy atom. The van der Waals surface area contributed by atoms with Crippen molar-refractivity contribution in [2.24, 2.45) is 0 Å². The molecule has 0 aliphatic heterocycles. The third-order valence-electron chi connectivity index (χ3n) is 3.59. The van der Waals surface area contributed by atoms with Gasteiger partial charge in [0.15, 0.2) is 0 Å². The fraction of sp³-hybridized carbons (Fsp3) is 0.933. The summed E-state index contributed by atoms with van der Waals surface area (Å²) in [6.45, 7) is 7.83. The predicted molar refractivity (Wildman–Crippen MR) is 78.2 cm³/mol. The van der Waals surface area contributed by atoms with Gasteiger partial charge in [-0.3, -0.25) is 4.79 Å². The van der Waals surface area contributed by atoms with Crippen LogP contribution in [0.25, 0.3) is 0 Å². The van der Waals surface area contributed by atoms with Crippen molar-refractivity contribution >= 4 is 5.91 Å². The van der Waals surface area contributed by atoms with Gasteiger partial charge >= 0.3 is 0 Å². The SMILES string of the molecule is CCOC(C)(C)CNCC(=O)NC1CCCCCC1. The highest BCUT2D eigenvalue weighted by atomic mass is 16.5. The Bertz CT molecular complexity index is 259. The van der Waals surface area contributed by atoms with Gasteiger partial charge in [-0.1, -0.05) is 25.7 Å². The Morgan fingerprint density at radius 1 is 1.21 bits per heavy atom. The number of rotatable bonds is 7. The van der Waals surface area contributed by atoms with Gasteiger partial charge < -0.3 is 15.4 Å². The van der Waals surface area contributed by atoms with Gasteiger partial charge in [0.2, 0.25) is 5.91 Å². The molecular formula is C15H30N2O2. The molecule has 0 unspecified atom stereocenters. The van der Waals surface area contributed by atoms with E-state index >= 15 is 0 Å². The molecule has 1 rings (SSSR count). The molecule has 0 heterocycles. The van der Waals surface area contributed by atoms with Crippen LogP contribution in [0.15, 0.2) is 0 Å². The average molecular weight is 270 g/mol. The molecule has 1 amide bonds. The monoisotopic (exact) mass is 270 g/mol. The molecule has 19 heavy (non-hydrogen) atoms. The minimum atomic E-state index is -0.211. The smallest absolute Gasteiger partial charge is 0.234 e. The first kappa shape index (κ1) is 16.4. The summed E-state index contributed by atoms with van der Waals surface area (Å²) in [5.41, 5.74) is -0.211. The van der Waals surface area contributed by atoms with Crippen LogP contribution in [0.2, 0.25) is 0 Å². The average Bonchev–Trinajstić information content (AvgIpc) is 2.57. The molecule has 112 valence electrons. The van der Waals surface area contributed by atoms with Crippen molar-refractivity contribution in [2.45, 2.75) is 70.9 Å². The fourth-order valence-corrected chi connectivity index (χ4v) is 2.62. The Morgan fingerprint density at radius 3 is 2.42 bits per heavy atom. The number of ether oxygens (including phenoxy) is 1. The van der Waals surface area contributed by atoms with Crippen molar-refractivity contribution in [1.29, 1.82) is 0 Å². The summed E-state index contributed by atoms with van der Waals surface area (Å²) in [5.74, 6) is 0.110. The molecule has 1 aliphatic rings. The summed E-state index contributed by atoms with van der Waals surface area (Å²) in [7, 11) is 0. The summed E-state index contributed by atoms with van der Waals surface area (Å²) >= 11 is 0. The largest absolute Gasteiger partial charge is 0.375 e. The van der Waals surface area contributed by atoms with E-state index in [-0.39, 0.29) is 11.5 Å². The second kappa shape index (κ2) is 8.54. The van der Waals surface area contributed by atoms with Crippen LogP contribution >= 0.6 is 0 Å². The second-order valence-electron chi connectivity index (χ2n) is 6.05. The van der Waals surface area contributed by atoms with Gasteiger partial charge in [-0.25, -0.2) is 0 Å². The third kappa shape index (κ3) is 7.53. The zero-order chi connectivity index (χ0) is 14.1. The molecule has 0 aromatic carbocycles. The highest BCUT2D eigenvalue weighted by Gasteiger charge is 2.18. The van der Waals surface area contributed by atoms with Crippen molar-refractivity contribution in [3.8, 4) is 0 Å². The summed E-state index contributed by atoms with van der Waals surface area (Å²) in [6.07, 6.45) is 7.39. The molecule has 1 saturated carbocycles. The Hall–Kier alpha value is -0.610. The lowest BCUT2D eigenvalue weighted by Gasteiger charge is -2.25. The maximum Gasteiger partial charge on any atom is 0.234 e. The summed E-state index contributed by atoms with van der Waals surface area (Å²) in [5, 5.41) is 6.31. The molecule has 0 aromatic rings. The molecule has 4 nitrogen and oxygen atoms in total. The van der Waals surface area contributed by atoms with Gasteiger partial charge in [-0.05, 0) is 33.6 Å². The van der Waals surface area contributed by atoms with E-state index in [1.807, 2.05) is 20.8 Å². The zero-order valence-electron chi connectivity index (χ0n) is 12.8. The lowest BCUT2D eigenvalue weighted by molar-refractivity contribution is -0.121. The van der Waals surface area contributed by atoms with E-state index in [0.29, 0.717) is 25.7 Å². The highest BCUT2D eigenvalue weighted by Crippen LogP contribution is 2.16. The van der Waals surface area contributed by atoms with Crippen LogP contribution in [0.4, 0.5) is 0 Å². The minimum absolute atomic E-state index is 0.110. The lowest BCUT2D eigenvalue weighted by Crippen LogP contribution is -2.44. The molecule has 0 saturated heterocycles. The maximum atomic E-state index is 11.9. The van der Waals surface area contributed by atoms with Crippen LogP contribution in [0.5, 0.6) is 0 Å². The maximum absolute atomic E-state index is 11.9. The van der Waals surface area contributed by atoms with Crippen LogP contribution in [-0.4, -0.2) is 37.2 Å². The van der Waals surface area contributed by atoms with Gasteiger partial charge in [0, 0.05) is 19.2 Å². The Labute approximate surface area is 117 Å². The van der Waals surface area contributed by atoms with Crippen LogP contribution in [0.3, 0.4) is 0 Å². The van der Waals surface area contributed by atoms with Gasteiger partial charge in [-0.15, -0.1) is 0 Å². The van der Waals surface area contributed by atoms with Crippen molar-refractivity contribution in [3.05, 3.63) is 0 Å². The first-order valence-corrected chi connectivity index (χ1v) is 7.67. The predicted octanol–water partition coefficient (Wildman–Crippen LogP) is 2.23. The van der Waals surface area contributed by atoms with E-state index < -0.39 is 0 Å². The number of hydrogen-bond acceptors (Lipinski definition) is 3. The molecule has 0 atom stereocenters. The lowest BCUT2D eigenvalue weighted by atomic mass is 10.1. The summed E-state index contributed by atoms with van der Waals surface area (Å²) in [4.78, 5) is 11.9. The van der Waals surface area contributed by atoms with E-state index in [0.717, 1.165) is 12.8 Å². The number of nitrogens with one attached hydrogen (secondary N) is 2. The van der Waals surface area contributed by atoms with Gasteiger partial charge in [0.25, 0.3) is 0 Å². The van der Waals surface area contributed by atoms with Crippen LogP contribution in [0, 0.1) is 0 Å². The number of hydrogen-bond donors (Lipinski definition) is 2. The number of carbonyl (C=O) groups excluding carboxylic acids is 1. The fourth-order valence-electron chi connectivity index (χ4n) is 2.62. The molecule has 1 aliphatic carbocycles. The van der Waals surface area contributed by atoms with Crippen molar-refractivity contribution in [3.63, 3.8) is 0 Å². The van der Waals surface area contributed by atoms with E-state index in [9.17, 15) is 4.79 Å². The quantitative estimate of drug-likeness (QED) is 0.698. The van der Waals surface area contributed by atoms with Crippen LogP contribution in [0.1, 0.15) is 59.3 Å². The molecule has 4 heteroatoms.